The Balaban J connectivity index is 0.000000480. The van der Waals surface area contributed by atoms with Crippen LogP contribution in [-0.2, 0) is 22.3 Å². The first kappa shape index (κ1) is 22.7. The Hall–Kier alpha value is -3.32. The lowest BCUT2D eigenvalue weighted by Crippen LogP contribution is -2.38. The molecular formula is C14H10F6N4O4. The molecule has 0 aliphatic rings. The molecule has 0 aliphatic heterocycles. The second-order valence-electron chi connectivity index (χ2n) is 4.89. The van der Waals surface area contributed by atoms with Gasteiger partial charge in [0.05, 0.1) is 18.1 Å². The van der Waals surface area contributed by atoms with Gasteiger partial charge in [0.15, 0.2) is 18.4 Å². The van der Waals surface area contributed by atoms with Gasteiger partial charge in [-0.05, 0) is 5.10 Å². The van der Waals surface area contributed by atoms with Crippen LogP contribution in [0.1, 0.15) is 12.1 Å². The Morgan fingerprint density at radius 1 is 1.07 bits per heavy atom. The molecule has 2 heterocycles. The Bertz CT molecular complexity index is 807. The van der Waals surface area contributed by atoms with Crippen molar-refractivity contribution in [2.75, 3.05) is 0 Å². The third-order valence-corrected chi connectivity index (χ3v) is 2.80. The van der Waals surface area contributed by atoms with E-state index in [2.05, 4.69) is 15.1 Å². The summed E-state index contributed by atoms with van der Waals surface area (Å²) in [5.74, 6) is -3.95. The summed E-state index contributed by atoms with van der Waals surface area (Å²) in [6.07, 6.45) is -5.21. The van der Waals surface area contributed by atoms with Gasteiger partial charge >= 0.3 is 18.3 Å². The van der Waals surface area contributed by atoms with Crippen molar-refractivity contribution in [3.63, 3.8) is 0 Å². The number of carbonyl (C=O) groups excluding carboxylic acids is 1. The normalized spacial score (nSPS) is 11.4. The molecule has 2 rings (SSSR count). The summed E-state index contributed by atoms with van der Waals surface area (Å²) < 4.78 is 70.0. The van der Waals surface area contributed by atoms with E-state index in [1.165, 1.54) is 17.1 Å². The Morgan fingerprint density at radius 2 is 1.68 bits per heavy atom. The minimum absolute atomic E-state index is 0.0723. The number of aryl methyl sites for hydroxylation is 1. The van der Waals surface area contributed by atoms with E-state index in [-0.39, 0.29) is 18.7 Å². The van der Waals surface area contributed by atoms with E-state index < -0.39 is 30.0 Å². The molecule has 0 saturated carbocycles. The van der Waals surface area contributed by atoms with Crippen LogP contribution in [0, 0.1) is 0 Å². The molecule has 14 heteroatoms. The monoisotopic (exact) mass is 412 g/mol. The number of aromatic nitrogens is 4. The van der Waals surface area contributed by atoms with Gasteiger partial charge in [-0.25, -0.2) is 4.98 Å². The lowest BCUT2D eigenvalue weighted by Gasteiger charge is -2.05. The molecular weight excluding hydrogens is 402 g/mol. The highest BCUT2D eigenvalue weighted by Gasteiger charge is 2.32. The van der Waals surface area contributed by atoms with Gasteiger partial charge in [-0.15, -0.1) is 0 Å². The van der Waals surface area contributed by atoms with Crippen molar-refractivity contribution in [3.05, 3.63) is 36.5 Å². The van der Waals surface area contributed by atoms with E-state index in [1.807, 2.05) is 0 Å². The number of halogens is 6. The van der Waals surface area contributed by atoms with Gasteiger partial charge in [-0.3, -0.25) is 9.78 Å². The van der Waals surface area contributed by atoms with Crippen molar-refractivity contribution in [1.82, 2.24) is 15.1 Å². The van der Waals surface area contributed by atoms with Crippen molar-refractivity contribution in [3.8, 4) is 11.3 Å². The fourth-order valence-corrected chi connectivity index (χ4v) is 1.50. The fourth-order valence-electron chi connectivity index (χ4n) is 1.50. The number of hydrogen-bond acceptors (Lipinski definition) is 6. The van der Waals surface area contributed by atoms with Gasteiger partial charge in [0.25, 0.3) is 0 Å². The van der Waals surface area contributed by atoms with Gasteiger partial charge in [-0.2, -0.15) is 26.3 Å². The molecule has 0 aliphatic carbocycles. The summed E-state index contributed by atoms with van der Waals surface area (Å²) in [4.78, 5) is 26.2. The summed E-state index contributed by atoms with van der Waals surface area (Å²) in [5.41, 5.74) is -0.324. The highest BCUT2D eigenvalue weighted by atomic mass is 19.4. The topological polar surface area (TPSA) is 120 Å². The minimum Gasteiger partial charge on any atom is -0.542 e. The van der Waals surface area contributed by atoms with E-state index in [9.17, 15) is 31.1 Å². The highest BCUT2D eigenvalue weighted by molar-refractivity contribution is 5.70. The number of aliphatic carboxylic acids is 2. The van der Waals surface area contributed by atoms with E-state index in [0.29, 0.717) is 11.8 Å². The van der Waals surface area contributed by atoms with E-state index >= 15 is 0 Å². The van der Waals surface area contributed by atoms with E-state index in [0.717, 1.165) is 6.20 Å². The zero-order chi connectivity index (χ0) is 21.5. The van der Waals surface area contributed by atoms with Crippen LogP contribution >= 0.6 is 0 Å². The highest BCUT2D eigenvalue weighted by Crippen LogP contribution is 2.27. The number of carbonyl (C=O) groups is 2. The SMILES string of the molecule is O=C(O)CC[n+]1ccc(-c2cnc(C(F)(F)F)cn2)cn1.O=C([O-])C(F)(F)F. The molecule has 0 atom stereocenters. The smallest absolute Gasteiger partial charge is 0.434 e. The van der Waals surface area contributed by atoms with Gasteiger partial charge in [0, 0.05) is 11.6 Å². The zero-order valence-electron chi connectivity index (χ0n) is 13.5. The van der Waals surface area contributed by atoms with Crippen LogP contribution in [-0.4, -0.2) is 38.3 Å². The van der Waals surface area contributed by atoms with Crippen LogP contribution in [0.25, 0.3) is 11.3 Å². The molecule has 2 aromatic rings. The van der Waals surface area contributed by atoms with E-state index in [4.69, 9.17) is 15.0 Å². The lowest BCUT2D eigenvalue weighted by atomic mass is 10.2. The molecule has 28 heavy (non-hydrogen) atoms. The van der Waals surface area contributed by atoms with Crippen LogP contribution in [0.4, 0.5) is 26.3 Å². The Labute approximate surface area is 152 Å². The molecule has 0 saturated heterocycles. The molecule has 0 unspecified atom stereocenters. The molecule has 1 N–H and O–H groups in total. The summed E-state index contributed by atoms with van der Waals surface area (Å²) in [7, 11) is 0. The zero-order valence-corrected chi connectivity index (χ0v) is 13.5. The molecule has 0 radical (unpaired) electrons. The molecule has 0 aromatic carbocycles. The molecule has 0 amide bonds. The summed E-state index contributed by atoms with van der Waals surface area (Å²) in [6.45, 7) is 0.203. The average molecular weight is 412 g/mol. The van der Waals surface area contributed by atoms with Crippen molar-refractivity contribution in [2.24, 2.45) is 0 Å². The fraction of sp³-hybridized carbons (Fsp3) is 0.286. The second-order valence-corrected chi connectivity index (χ2v) is 4.89. The van der Waals surface area contributed by atoms with Crippen LogP contribution in [0.5, 0.6) is 0 Å². The minimum atomic E-state index is -5.19. The third kappa shape index (κ3) is 7.51. The maximum atomic E-state index is 12.4. The predicted octanol–water partition coefficient (Wildman–Crippen LogP) is 0.618. The lowest BCUT2D eigenvalue weighted by molar-refractivity contribution is -0.752. The van der Waals surface area contributed by atoms with Gasteiger partial charge < -0.3 is 15.0 Å². The Kier molecular flexibility index (Phi) is 7.35. The average Bonchev–Trinajstić information content (AvgIpc) is 2.59. The largest absolute Gasteiger partial charge is 0.542 e. The standard InChI is InChI=1S/C12H9F3N4O2.C2HF3O2/c13-12(14,15)10-7-16-9(6-17-10)8-1-3-19(18-5-8)4-2-11(20)21;3-2(4,5)1(6)7/h1,3,5-7H,2,4H2;(H,6,7). The number of carboxylic acids is 2. The maximum absolute atomic E-state index is 12.4. The summed E-state index contributed by atoms with van der Waals surface area (Å²) >= 11 is 0. The third-order valence-electron chi connectivity index (χ3n) is 2.80. The van der Waals surface area contributed by atoms with Crippen LogP contribution in [0.2, 0.25) is 0 Å². The number of alkyl halides is 6. The first-order valence-corrected chi connectivity index (χ1v) is 7.06. The molecule has 0 spiro atoms. The van der Waals surface area contributed by atoms with Crippen LogP contribution in [0.3, 0.4) is 0 Å². The summed E-state index contributed by atoms with van der Waals surface area (Å²) in [6, 6.07) is 1.58. The van der Waals surface area contributed by atoms with E-state index in [1.54, 1.807) is 6.07 Å². The molecule has 0 bridgehead atoms. The first-order chi connectivity index (χ1) is 12.8. The van der Waals surface area contributed by atoms with Crippen LogP contribution < -0.4 is 9.79 Å². The van der Waals surface area contributed by atoms with Crippen LogP contribution in [0.15, 0.2) is 30.9 Å². The molecule has 8 nitrogen and oxygen atoms in total. The number of nitrogens with zero attached hydrogens (tertiary/aromatic N) is 4. The van der Waals surface area contributed by atoms with Crippen molar-refractivity contribution < 1.29 is 50.8 Å². The maximum Gasteiger partial charge on any atom is 0.434 e. The quantitative estimate of drug-likeness (QED) is 0.577. The molecule has 2 aromatic heterocycles. The Morgan fingerprint density at radius 3 is 2.04 bits per heavy atom. The summed E-state index contributed by atoms with van der Waals surface area (Å²) in [5, 5.41) is 21.3. The predicted molar refractivity (Wildman–Crippen MR) is 73.8 cm³/mol. The first-order valence-electron chi connectivity index (χ1n) is 7.06. The van der Waals surface area contributed by atoms with Gasteiger partial charge in [0.2, 0.25) is 0 Å². The second kappa shape index (κ2) is 9.05. The molecule has 0 fully saturated rings. The van der Waals surface area contributed by atoms with Gasteiger partial charge in [-0.1, -0.05) is 4.68 Å². The van der Waals surface area contributed by atoms with Crippen molar-refractivity contribution in [1.29, 1.82) is 0 Å². The van der Waals surface area contributed by atoms with Crippen molar-refractivity contribution >= 4 is 11.9 Å². The number of carboxylic acid groups (broad SMARTS) is 2. The molecule has 152 valence electrons. The van der Waals surface area contributed by atoms with Gasteiger partial charge in [0.1, 0.15) is 18.6 Å². The van der Waals surface area contributed by atoms with Crippen molar-refractivity contribution in [2.45, 2.75) is 25.3 Å². The number of hydrogen-bond donors (Lipinski definition) is 1. The number of rotatable bonds is 4.